The first-order valence-corrected chi connectivity index (χ1v) is 6.77. The lowest BCUT2D eigenvalue weighted by Gasteiger charge is -2.16. The minimum absolute atomic E-state index is 0.201. The molecule has 1 N–H and O–H groups in total. The zero-order chi connectivity index (χ0) is 13.2. The van der Waals surface area contributed by atoms with E-state index in [1.54, 1.807) is 0 Å². The molecule has 0 radical (unpaired) electrons. The van der Waals surface area contributed by atoms with Gasteiger partial charge in [0.25, 0.3) is 0 Å². The van der Waals surface area contributed by atoms with E-state index in [0.717, 1.165) is 25.9 Å². The molecular formula is C13H25NO4. The Morgan fingerprint density at radius 2 is 1.89 bits per heavy atom. The molecule has 1 fully saturated rings. The predicted octanol–water partition coefficient (Wildman–Crippen LogP) is 1.11. The maximum Gasteiger partial charge on any atom is 0.322 e. The van der Waals surface area contributed by atoms with E-state index in [9.17, 15) is 4.79 Å². The van der Waals surface area contributed by atoms with Gasteiger partial charge in [-0.05, 0) is 25.7 Å². The third kappa shape index (κ3) is 6.93. The molecule has 0 bridgehead atoms. The lowest BCUT2D eigenvalue weighted by Crippen LogP contribution is -2.39. The molecule has 1 saturated carbocycles. The van der Waals surface area contributed by atoms with Gasteiger partial charge < -0.3 is 19.5 Å². The van der Waals surface area contributed by atoms with Gasteiger partial charge in [0.15, 0.2) is 0 Å². The summed E-state index contributed by atoms with van der Waals surface area (Å²) < 4.78 is 15.5. The molecule has 0 amide bonds. The normalized spacial score (nSPS) is 16.6. The van der Waals surface area contributed by atoms with E-state index in [1.807, 2.05) is 0 Å². The SMILES string of the molecule is CCCOCCOCCC(NC1CC1)C(=O)OC. The zero-order valence-corrected chi connectivity index (χ0v) is 11.4. The van der Waals surface area contributed by atoms with Crippen LogP contribution in [0.3, 0.4) is 0 Å². The van der Waals surface area contributed by atoms with E-state index in [-0.39, 0.29) is 12.0 Å². The van der Waals surface area contributed by atoms with Crippen LogP contribution in [0.2, 0.25) is 0 Å². The monoisotopic (exact) mass is 259 g/mol. The fourth-order valence-electron chi connectivity index (χ4n) is 1.61. The molecule has 5 nitrogen and oxygen atoms in total. The zero-order valence-electron chi connectivity index (χ0n) is 11.4. The third-order valence-electron chi connectivity index (χ3n) is 2.77. The molecule has 106 valence electrons. The molecule has 1 rings (SSSR count). The van der Waals surface area contributed by atoms with Gasteiger partial charge in [-0.2, -0.15) is 0 Å². The van der Waals surface area contributed by atoms with Crippen LogP contribution in [-0.2, 0) is 19.0 Å². The molecule has 1 atom stereocenters. The highest BCUT2D eigenvalue weighted by Gasteiger charge is 2.28. The second kappa shape index (κ2) is 9.30. The van der Waals surface area contributed by atoms with Crippen LogP contribution >= 0.6 is 0 Å². The molecule has 0 aromatic rings. The molecule has 0 aromatic carbocycles. The van der Waals surface area contributed by atoms with E-state index in [2.05, 4.69) is 12.2 Å². The maximum atomic E-state index is 11.5. The van der Waals surface area contributed by atoms with Gasteiger partial charge in [0.05, 0.1) is 20.3 Å². The van der Waals surface area contributed by atoms with Gasteiger partial charge in [0, 0.05) is 19.3 Å². The molecule has 1 aliphatic rings. The van der Waals surface area contributed by atoms with Crippen LogP contribution in [0, 0.1) is 0 Å². The first-order valence-electron chi connectivity index (χ1n) is 6.77. The summed E-state index contributed by atoms with van der Waals surface area (Å²) in [5, 5.41) is 3.27. The average molecular weight is 259 g/mol. The first kappa shape index (κ1) is 15.4. The fraction of sp³-hybridized carbons (Fsp3) is 0.923. The Kier molecular flexibility index (Phi) is 7.96. The summed E-state index contributed by atoms with van der Waals surface area (Å²) in [5.41, 5.74) is 0. The Balaban J connectivity index is 2.03. The van der Waals surface area contributed by atoms with Crippen molar-refractivity contribution < 1.29 is 19.0 Å². The van der Waals surface area contributed by atoms with Crippen LogP contribution < -0.4 is 5.32 Å². The fourth-order valence-corrected chi connectivity index (χ4v) is 1.61. The number of methoxy groups -OCH3 is 1. The Labute approximate surface area is 109 Å². The van der Waals surface area contributed by atoms with Crippen LogP contribution in [0.5, 0.6) is 0 Å². The van der Waals surface area contributed by atoms with Crippen molar-refractivity contribution in [1.82, 2.24) is 5.32 Å². The summed E-state index contributed by atoms with van der Waals surface area (Å²) in [6.07, 6.45) is 3.98. The highest BCUT2D eigenvalue weighted by molar-refractivity contribution is 5.75. The molecule has 0 aliphatic heterocycles. The molecule has 0 aromatic heterocycles. The summed E-state index contributed by atoms with van der Waals surface area (Å²) >= 11 is 0. The van der Waals surface area contributed by atoms with Gasteiger partial charge in [0.2, 0.25) is 0 Å². The summed E-state index contributed by atoms with van der Waals surface area (Å²) in [5.74, 6) is -0.201. The second-order valence-corrected chi connectivity index (χ2v) is 4.53. The molecule has 18 heavy (non-hydrogen) atoms. The van der Waals surface area contributed by atoms with Crippen molar-refractivity contribution in [2.75, 3.05) is 33.5 Å². The highest BCUT2D eigenvalue weighted by Crippen LogP contribution is 2.20. The second-order valence-electron chi connectivity index (χ2n) is 4.53. The minimum Gasteiger partial charge on any atom is -0.468 e. The van der Waals surface area contributed by atoms with Gasteiger partial charge in [-0.1, -0.05) is 6.92 Å². The number of rotatable bonds is 11. The van der Waals surface area contributed by atoms with Crippen molar-refractivity contribution >= 4 is 5.97 Å². The van der Waals surface area contributed by atoms with Gasteiger partial charge in [0.1, 0.15) is 6.04 Å². The van der Waals surface area contributed by atoms with Crippen molar-refractivity contribution in [2.24, 2.45) is 0 Å². The standard InChI is InChI=1S/C13H25NO4/c1-3-7-17-9-10-18-8-6-12(13(15)16-2)14-11-4-5-11/h11-12,14H,3-10H2,1-2H3. The molecule has 0 spiro atoms. The lowest BCUT2D eigenvalue weighted by molar-refractivity contribution is -0.143. The van der Waals surface area contributed by atoms with E-state index in [4.69, 9.17) is 14.2 Å². The van der Waals surface area contributed by atoms with Crippen LogP contribution in [-0.4, -0.2) is 51.6 Å². The number of hydrogen-bond donors (Lipinski definition) is 1. The van der Waals surface area contributed by atoms with Crippen molar-refractivity contribution in [3.8, 4) is 0 Å². The molecule has 1 aliphatic carbocycles. The number of ether oxygens (including phenoxy) is 3. The molecule has 1 unspecified atom stereocenters. The Morgan fingerprint density at radius 1 is 1.22 bits per heavy atom. The van der Waals surface area contributed by atoms with Crippen LogP contribution in [0.25, 0.3) is 0 Å². The van der Waals surface area contributed by atoms with Gasteiger partial charge >= 0.3 is 5.97 Å². The van der Waals surface area contributed by atoms with E-state index in [0.29, 0.717) is 32.3 Å². The quantitative estimate of drug-likeness (QED) is 0.445. The average Bonchev–Trinajstić information content (AvgIpc) is 3.19. The molecular weight excluding hydrogens is 234 g/mol. The predicted molar refractivity (Wildman–Crippen MR) is 68.5 cm³/mol. The van der Waals surface area contributed by atoms with Crippen LogP contribution in [0.4, 0.5) is 0 Å². The van der Waals surface area contributed by atoms with Crippen molar-refractivity contribution in [1.29, 1.82) is 0 Å². The summed E-state index contributed by atoms with van der Waals surface area (Å²) in [6.45, 7) is 4.60. The van der Waals surface area contributed by atoms with Gasteiger partial charge in [-0.15, -0.1) is 0 Å². The molecule has 0 heterocycles. The Morgan fingerprint density at radius 3 is 2.44 bits per heavy atom. The number of hydrogen-bond acceptors (Lipinski definition) is 5. The van der Waals surface area contributed by atoms with Gasteiger partial charge in [-0.3, -0.25) is 4.79 Å². The molecule has 5 heteroatoms. The third-order valence-corrected chi connectivity index (χ3v) is 2.77. The van der Waals surface area contributed by atoms with Crippen LogP contribution in [0.15, 0.2) is 0 Å². The maximum absolute atomic E-state index is 11.5. The summed E-state index contributed by atoms with van der Waals surface area (Å²) in [6, 6.07) is 0.251. The summed E-state index contributed by atoms with van der Waals surface area (Å²) in [4.78, 5) is 11.5. The Hall–Kier alpha value is -0.650. The van der Waals surface area contributed by atoms with E-state index < -0.39 is 0 Å². The largest absolute Gasteiger partial charge is 0.468 e. The van der Waals surface area contributed by atoms with Gasteiger partial charge in [-0.25, -0.2) is 0 Å². The number of esters is 1. The van der Waals surface area contributed by atoms with E-state index in [1.165, 1.54) is 7.11 Å². The summed E-state index contributed by atoms with van der Waals surface area (Å²) in [7, 11) is 1.42. The van der Waals surface area contributed by atoms with Crippen molar-refractivity contribution in [3.63, 3.8) is 0 Å². The number of carbonyl (C=O) groups is 1. The first-order chi connectivity index (χ1) is 8.77. The molecule has 0 saturated heterocycles. The number of carbonyl (C=O) groups excluding carboxylic acids is 1. The topological polar surface area (TPSA) is 56.8 Å². The van der Waals surface area contributed by atoms with Crippen LogP contribution in [0.1, 0.15) is 32.6 Å². The minimum atomic E-state index is -0.237. The highest BCUT2D eigenvalue weighted by atomic mass is 16.5. The smallest absolute Gasteiger partial charge is 0.322 e. The van der Waals surface area contributed by atoms with E-state index >= 15 is 0 Å². The van der Waals surface area contributed by atoms with Crippen molar-refractivity contribution in [3.05, 3.63) is 0 Å². The Bertz CT molecular complexity index is 231. The van der Waals surface area contributed by atoms with Crippen molar-refractivity contribution in [2.45, 2.75) is 44.7 Å². The number of nitrogens with one attached hydrogen (secondary N) is 1. The lowest BCUT2D eigenvalue weighted by atomic mass is 10.2.